The lowest BCUT2D eigenvalue weighted by molar-refractivity contribution is -0.122. The van der Waals surface area contributed by atoms with Gasteiger partial charge in [-0.15, -0.1) is 0 Å². The second kappa shape index (κ2) is 8.93. The number of piperidine rings is 1. The fourth-order valence-corrected chi connectivity index (χ4v) is 3.29. The van der Waals surface area contributed by atoms with E-state index in [0.717, 1.165) is 6.42 Å². The van der Waals surface area contributed by atoms with Gasteiger partial charge in [-0.25, -0.2) is 4.39 Å². The number of benzene rings is 2. The Balaban J connectivity index is 1.93. The van der Waals surface area contributed by atoms with Gasteiger partial charge in [-0.3, -0.25) is 9.59 Å². The Hall–Kier alpha value is -2.50. The molecule has 2 aromatic carbocycles. The third kappa shape index (κ3) is 4.81. The molecule has 1 aliphatic heterocycles. The number of amides is 1. The van der Waals surface area contributed by atoms with Crippen molar-refractivity contribution in [3.63, 3.8) is 0 Å². The highest BCUT2D eigenvalue weighted by Crippen LogP contribution is 2.27. The molecule has 2 aromatic rings. The summed E-state index contributed by atoms with van der Waals surface area (Å²) < 4.78 is 14.2. The summed E-state index contributed by atoms with van der Waals surface area (Å²) in [5.74, 6) is -0.786. The zero-order valence-electron chi connectivity index (χ0n) is 14.7. The van der Waals surface area contributed by atoms with Gasteiger partial charge in [-0.2, -0.15) is 0 Å². The van der Waals surface area contributed by atoms with Gasteiger partial charge in [0.05, 0.1) is 11.1 Å². The number of carbonyl (C=O) groups excluding carboxylic acids is 2. The van der Waals surface area contributed by atoms with Crippen LogP contribution in [0, 0.1) is 5.82 Å². The summed E-state index contributed by atoms with van der Waals surface area (Å²) in [4.78, 5) is 24.8. The number of hydrogen-bond donors (Lipinski definition) is 2. The number of hydrogen-bond acceptors (Lipinski definition) is 3. The first-order valence-corrected chi connectivity index (χ1v) is 9.20. The molecule has 3 rings (SSSR count). The van der Waals surface area contributed by atoms with E-state index in [2.05, 4.69) is 10.6 Å². The van der Waals surface area contributed by atoms with E-state index in [0.29, 0.717) is 24.2 Å². The van der Waals surface area contributed by atoms with Crippen LogP contribution >= 0.6 is 11.6 Å². The minimum absolute atomic E-state index is 0.0608. The Morgan fingerprint density at radius 2 is 1.85 bits per heavy atom. The Morgan fingerprint density at radius 1 is 1.15 bits per heavy atom. The number of carbonyl (C=O) groups is 2. The van der Waals surface area contributed by atoms with Gasteiger partial charge < -0.3 is 10.6 Å². The topological polar surface area (TPSA) is 58.2 Å². The van der Waals surface area contributed by atoms with Gasteiger partial charge in [0.2, 0.25) is 0 Å². The van der Waals surface area contributed by atoms with E-state index in [1.165, 1.54) is 6.07 Å². The Kier molecular flexibility index (Phi) is 6.37. The summed E-state index contributed by atoms with van der Waals surface area (Å²) in [7, 11) is 0. The van der Waals surface area contributed by atoms with Gasteiger partial charge in [0.1, 0.15) is 11.6 Å². The maximum Gasteiger partial charge on any atom is 0.255 e. The number of ketones is 1. The van der Waals surface area contributed by atoms with Crippen molar-refractivity contribution in [2.75, 3.05) is 6.54 Å². The average molecular weight is 387 g/mol. The van der Waals surface area contributed by atoms with Gasteiger partial charge in [-0.05, 0) is 31.2 Å². The monoisotopic (exact) mass is 386 g/mol. The van der Waals surface area contributed by atoms with Crippen molar-refractivity contribution in [1.82, 2.24) is 10.6 Å². The molecule has 6 heteroatoms. The first kappa shape index (κ1) is 19.3. The van der Waals surface area contributed by atoms with E-state index in [-0.39, 0.29) is 28.7 Å². The van der Waals surface area contributed by atoms with E-state index in [1.807, 2.05) is 6.07 Å². The van der Waals surface area contributed by atoms with Gasteiger partial charge in [0.15, 0.2) is 0 Å². The summed E-state index contributed by atoms with van der Waals surface area (Å²) in [6.07, 6.45) is 1.45. The number of Topliss-reactive ketones (excluding diaryl/α,β-unsaturated/α-hetero) is 1. The molecule has 1 amide bonds. The third-order valence-electron chi connectivity index (χ3n) is 4.46. The van der Waals surface area contributed by atoms with Crippen molar-refractivity contribution in [3.05, 3.63) is 77.2 Å². The molecule has 4 nitrogen and oxygen atoms in total. The van der Waals surface area contributed by atoms with Crippen molar-refractivity contribution < 1.29 is 14.0 Å². The predicted octanol–water partition coefficient (Wildman–Crippen LogP) is 3.87. The van der Waals surface area contributed by atoms with E-state index >= 15 is 0 Å². The maximum atomic E-state index is 14.2. The van der Waals surface area contributed by atoms with Crippen LogP contribution in [0.15, 0.2) is 60.3 Å². The molecule has 0 spiro atoms. The summed E-state index contributed by atoms with van der Waals surface area (Å²) in [6, 6.07) is 14.3. The van der Waals surface area contributed by atoms with Crippen molar-refractivity contribution in [2.24, 2.45) is 0 Å². The zero-order chi connectivity index (χ0) is 19.2. The molecule has 27 heavy (non-hydrogen) atoms. The van der Waals surface area contributed by atoms with Crippen LogP contribution < -0.4 is 10.6 Å². The number of rotatable bonds is 5. The average Bonchev–Trinajstić information content (AvgIpc) is 2.69. The van der Waals surface area contributed by atoms with Crippen molar-refractivity contribution >= 4 is 28.3 Å². The highest BCUT2D eigenvalue weighted by atomic mass is 35.5. The van der Waals surface area contributed by atoms with Crippen molar-refractivity contribution in [2.45, 2.75) is 25.3 Å². The van der Waals surface area contributed by atoms with Crippen LogP contribution in [0.4, 0.5) is 4.39 Å². The van der Waals surface area contributed by atoms with Gasteiger partial charge in [0, 0.05) is 29.7 Å². The largest absolute Gasteiger partial charge is 0.324 e. The first-order chi connectivity index (χ1) is 13.1. The molecule has 0 radical (unpaired) electrons. The summed E-state index contributed by atoms with van der Waals surface area (Å²) in [6.45, 7) is 0.716. The van der Waals surface area contributed by atoms with Crippen LogP contribution in [0.25, 0.3) is 5.03 Å². The highest BCUT2D eigenvalue weighted by molar-refractivity contribution is 6.49. The second-order valence-corrected chi connectivity index (χ2v) is 6.75. The quantitative estimate of drug-likeness (QED) is 0.820. The lowest BCUT2D eigenvalue weighted by atomic mass is 9.97. The molecule has 1 unspecified atom stereocenters. The lowest BCUT2D eigenvalue weighted by Gasteiger charge is -2.24. The molecule has 0 aliphatic carbocycles. The van der Waals surface area contributed by atoms with Gasteiger partial charge in [-0.1, -0.05) is 48.0 Å². The summed E-state index contributed by atoms with van der Waals surface area (Å²) in [5.41, 5.74) is 0.963. The molecular weight excluding hydrogens is 367 g/mol. The van der Waals surface area contributed by atoms with Crippen molar-refractivity contribution in [1.29, 1.82) is 0 Å². The molecule has 140 valence electrons. The first-order valence-electron chi connectivity index (χ1n) is 8.82. The van der Waals surface area contributed by atoms with Crippen LogP contribution in [-0.2, 0) is 4.79 Å². The molecule has 0 saturated carbocycles. The molecular formula is C21H20ClFN2O2. The summed E-state index contributed by atoms with van der Waals surface area (Å²) in [5, 5.41) is 6.02. The molecule has 1 heterocycles. The van der Waals surface area contributed by atoms with E-state index in [4.69, 9.17) is 11.6 Å². The van der Waals surface area contributed by atoms with E-state index < -0.39 is 11.9 Å². The fraction of sp³-hybridized carbons (Fsp3) is 0.238. The molecule has 1 saturated heterocycles. The van der Waals surface area contributed by atoms with E-state index in [9.17, 15) is 14.0 Å². The number of halogens is 2. The van der Waals surface area contributed by atoms with Crippen LogP contribution in [0.1, 0.15) is 35.2 Å². The number of nitrogens with one attached hydrogen (secondary N) is 2. The molecule has 2 N–H and O–H groups in total. The van der Waals surface area contributed by atoms with Crippen molar-refractivity contribution in [3.8, 4) is 0 Å². The summed E-state index contributed by atoms with van der Waals surface area (Å²) >= 11 is 6.46. The minimum atomic E-state index is -0.489. The third-order valence-corrected chi connectivity index (χ3v) is 4.89. The van der Waals surface area contributed by atoms with Crippen LogP contribution in [0.5, 0.6) is 0 Å². The zero-order valence-corrected chi connectivity index (χ0v) is 15.4. The van der Waals surface area contributed by atoms with Gasteiger partial charge in [0.25, 0.3) is 5.91 Å². The smallest absolute Gasteiger partial charge is 0.255 e. The predicted molar refractivity (Wildman–Crippen MR) is 104 cm³/mol. The Labute approximate surface area is 162 Å². The molecule has 0 aromatic heterocycles. The van der Waals surface area contributed by atoms with Gasteiger partial charge >= 0.3 is 0 Å². The van der Waals surface area contributed by atoms with Crippen LogP contribution in [0.3, 0.4) is 0 Å². The SMILES string of the molecule is O=C(N/C(CC1NCCCC1=O)=C(\Cl)c1ccccc1F)c1ccccc1. The minimum Gasteiger partial charge on any atom is -0.324 e. The lowest BCUT2D eigenvalue weighted by Crippen LogP contribution is -2.43. The van der Waals surface area contributed by atoms with E-state index in [1.54, 1.807) is 42.5 Å². The van der Waals surface area contributed by atoms with Crippen LogP contribution in [0.2, 0.25) is 0 Å². The maximum absolute atomic E-state index is 14.2. The van der Waals surface area contributed by atoms with Crippen LogP contribution in [-0.4, -0.2) is 24.3 Å². The fourth-order valence-electron chi connectivity index (χ4n) is 3.01. The Bertz CT molecular complexity index is 867. The standard InChI is InChI=1S/C21H20ClFN2O2/c22-20(15-9-4-5-10-16(15)23)18(13-17-19(26)11-6-12-24-17)25-21(27)14-7-2-1-3-8-14/h1-5,7-10,17,24H,6,11-13H2,(H,25,27)/b20-18-. The normalized spacial score (nSPS) is 18.0. The Morgan fingerprint density at radius 3 is 2.56 bits per heavy atom. The molecule has 1 aliphatic rings. The highest BCUT2D eigenvalue weighted by Gasteiger charge is 2.25. The molecule has 1 fully saturated rings. The molecule has 1 atom stereocenters. The molecule has 0 bridgehead atoms. The second-order valence-electron chi connectivity index (χ2n) is 6.37.